The summed E-state index contributed by atoms with van der Waals surface area (Å²) in [5.41, 5.74) is 1.12. The second kappa shape index (κ2) is 9.15. The number of halogens is 1. The topological polar surface area (TPSA) is 108 Å². The van der Waals surface area contributed by atoms with Crippen LogP contribution in [-0.2, 0) is 11.3 Å². The minimum Gasteiger partial charge on any atom is -0.388 e. The number of aliphatic hydroxyl groups is 2. The van der Waals surface area contributed by atoms with Gasteiger partial charge in [-0.25, -0.2) is 4.39 Å². The van der Waals surface area contributed by atoms with Crippen molar-refractivity contribution in [2.75, 3.05) is 13.1 Å². The van der Waals surface area contributed by atoms with Crippen molar-refractivity contribution in [3.8, 4) is 0 Å². The maximum atomic E-state index is 13.4. The normalized spacial score (nSPS) is 19.4. The van der Waals surface area contributed by atoms with Crippen LogP contribution in [-0.4, -0.2) is 68.0 Å². The molecule has 8 nitrogen and oxygen atoms in total. The Balaban J connectivity index is 1.62. The number of hydrogen-bond acceptors (Lipinski definition) is 5. The van der Waals surface area contributed by atoms with Crippen molar-refractivity contribution >= 4 is 22.7 Å². The monoisotopic (exact) mass is 468 g/mol. The third-order valence-corrected chi connectivity index (χ3v) is 6.08. The lowest BCUT2D eigenvalue weighted by Gasteiger charge is -2.33. The summed E-state index contributed by atoms with van der Waals surface area (Å²) in [6, 6.07) is 12.5. The molecule has 34 heavy (non-hydrogen) atoms. The van der Waals surface area contributed by atoms with E-state index in [1.54, 1.807) is 22.9 Å². The molecule has 9 heteroatoms. The van der Waals surface area contributed by atoms with Crippen molar-refractivity contribution in [2.45, 2.75) is 45.6 Å². The first-order chi connectivity index (χ1) is 16.0. The van der Waals surface area contributed by atoms with Crippen LogP contribution in [0.2, 0.25) is 0 Å². The van der Waals surface area contributed by atoms with Crippen LogP contribution < -0.4 is 5.32 Å². The molecule has 1 aliphatic rings. The summed E-state index contributed by atoms with van der Waals surface area (Å²) in [6.45, 7) is 5.88. The van der Waals surface area contributed by atoms with E-state index in [4.69, 9.17) is 0 Å². The van der Waals surface area contributed by atoms with Crippen molar-refractivity contribution in [3.63, 3.8) is 0 Å². The smallest absolute Gasteiger partial charge is 0.273 e. The summed E-state index contributed by atoms with van der Waals surface area (Å²) in [6.07, 6.45) is -2.02. The molecule has 3 N–H and O–H groups in total. The summed E-state index contributed by atoms with van der Waals surface area (Å²) in [7, 11) is 0. The number of aromatic nitrogens is 2. The average Bonchev–Trinajstić information content (AvgIpc) is 3.32. The fraction of sp³-hybridized carbons (Fsp3) is 0.400. The van der Waals surface area contributed by atoms with Crippen LogP contribution in [0, 0.1) is 11.2 Å². The van der Waals surface area contributed by atoms with Crippen LogP contribution in [0.15, 0.2) is 48.5 Å². The number of amides is 2. The van der Waals surface area contributed by atoms with Gasteiger partial charge in [0.1, 0.15) is 11.9 Å². The SMILES string of the molecule is CC(C)(C)[C@H](NC(=O)c1nn(Cc2ccc(F)cc2)c2ccccc12)C(=O)N1C[C@@H](O)[C@H](O)C1. The lowest BCUT2D eigenvalue weighted by Crippen LogP contribution is -2.54. The molecule has 0 saturated carbocycles. The molecule has 4 rings (SSSR count). The molecule has 0 spiro atoms. The van der Waals surface area contributed by atoms with Gasteiger partial charge in [0.05, 0.1) is 24.3 Å². The largest absolute Gasteiger partial charge is 0.388 e. The summed E-state index contributed by atoms with van der Waals surface area (Å²) in [4.78, 5) is 28.0. The van der Waals surface area contributed by atoms with E-state index in [1.807, 2.05) is 39.0 Å². The van der Waals surface area contributed by atoms with Gasteiger partial charge in [0.15, 0.2) is 5.69 Å². The molecule has 3 atom stereocenters. The maximum Gasteiger partial charge on any atom is 0.273 e. The average molecular weight is 469 g/mol. The molecule has 0 bridgehead atoms. The Labute approximate surface area is 197 Å². The van der Waals surface area contributed by atoms with Crippen LogP contribution in [0.3, 0.4) is 0 Å². The molecule has 2 heterocycles. The molecule has 1 fully saturated rings. The Kier molecular flexibility index (Phi) is 6.42. The number of carbonyl (C=O) groups is 2. The zero-order chi connectivity index (χ0) is 24.6. The molecular weight excluding hydrogens is 439 g/mol. The third-order valence-electron chi connectivity index (χ3n) is 6.08. The van der Waals surface area contributed by atoms with Crippen LogP contribution in [0.4, 0.5) is 4.39 Å². The first-order valence-corrected chi connectivity index (χ1v) is 11.2. The first kappa shape index (κ1) is 23.8. The van der Waals surface area contributed by atoms with E-state index in [0.29, 0.717) is 11.9 Å². The number of benzene rings is 2. The minimum atomic E-state index is -1.01. The highest BCUT2D eigenvalue weighted by atomic mass is 19.1. The first-order valence-electron chi connectivity index (χ1n) is 11.2. The van der Waals surface area contributed by atoms with E-state index in [1.165, 1.54) is 17.0 Å². The van der Waals surface area contributed by atoms with Crippen LogP contribution in [0.1, 0.15) is 36.8 Å². The van der Waals surface area contributed by atoms with Crippen molar-refractivity contribution in [2.24, 2.45) is 5.41 Å². The highest BCUT2D eigenvalue weighted by molar-refractivity contribution is 6.06. The molecular formula is C25H29FN4O4. The van der Waals surface area contributed by atoms with E-state index in [9.17, 15) is 24.2 Å². The predicted octanol–water partition coefficient (Wildman–Crippen LogP) is 1.93. The Morgan fingerprint density at radius 2 is 1.71 bits per heavy atom. The highest BCUT2D eigenvalue weighted by Crippen LogP contribution is 2.25. The van der Waals surface area contributed by atoms with Crippen LogP contribution >= 0.6 is 0 Å². The molecule has 0 radical (unpaired) electrons. The molecule has 3 aromatic rings. The standard InChI is InChI=1S/C25H29FN4O4/c1-25(2,3)22(24(34)29-13-19(31)20(32)14-29)27-23(33)21-17-6-4-5-7-18(17)30(28-21)12-15-8-10-16(26)11-9-15/h4-11,19-20,22,31-32H,12-14H2,1-3H3,(H,27,33)/t19-,20-,22-/m1/s1. The minimum absolute atomic E-state index is 0.0116. The second-order valence-electron chi connectivity index (χ2n) is 9.80. The Morgan fingerprint density at radius 3 is 2.32 bits per heavy atom. The Bertz CT molecular complexity index is 1190. The number of β-amino-alcohol motifs (C(OH)–C–C–N with tert-alkyl or cyclic N) is 2. The van der Waals surface area contributed by atoms with Crippen molar-refractivity contribution < 1.29 is 24.2 Å². The fourth-order valence-electron chi connectivity index (χ4n) is 4.16. The van der Waals surface area contributed by atoms with E-state index in [-0.39, 0.29) is 30.5 Å². The maximum absolute atomic E-state index is 13.4. The van der Waals surface area contributed by atoms with Gasteiger partial charge in [-0.15, -0.1) is 0 Å². The van der Waals surface area contributed by atoms with Gasteiger partial charge < -0.3 is 20.4 Å². The van der Waals surface area contributed by atoms with Gasteiger partial charge in [-0.3, -0.25) is 14.3 Å². The fourth-order valence-corrected chi connectivity index (χ4v) is 4.16. The van der Waals surface area contributed by atoms with Gasteiger partial charge in [-0.05, 0) is 29.2 Å². The molecule has 1 aromatic heterocycles. The molecule has 0 unspecified atom stereocenters. The molecule has 1 aliphatic heterocycles. The Hall–Kier alpha value is -3.30. The van der Waals surface area contributed by atoms with Gasteiger partial charge in [0.25, 0.3) is 5.91 Å². The summed E-state index contributed by atoms with van der Waals surface area (Å²) < 4.78 is 15.0. The number of aliphatic hydroxyl groups excluding tert-OH is 2. The van der Waals surface area contributed by atoms with Crippen molar-refractivity contribution in [1.29, 1.82) is 0 Å². The number of fused-ring (bicyclic) bond motifs is 1. The van der Waals surface area contributed by atoms with Crippen LogP contribution in [0.25, 0.3) is 10.9 Å². The van der Waals surface area contributed by atoms with E-state index < -0.39 is 29.6 Å². The molecule has 2 aromatic carbocycles. The predicted molar refractivity (Wildman–Crippen MR) is 125 cm³/mol. The number of hydrogen-bond donors (Lipinski definition) is 3. The lowest BCUT2D eigenvalue weighted by molar-refractivity contribution is -0.135. The zero-order valence-corrected chi connectivity index (χ0v) is 19.4. The summed E-state index contributed by atoms with van der Waals surface area (Å²) >= 11 is 0. The third kappa shape index (κ3) is 4.80. The molecule has 0 aliphatic carbocycles. The molecule has 1 saturated heterocycles. The molecule has 180 valence electrons. The quantitative estimate of drug-likeness (QED) is 0.531. The van der Waals surface area contributed by atoms with Gasteiger partial charge in [-0.1, -0.05) is 51.1 Å². The van der Waals surface area contributed by atoms with E-state index in [0.717, 1.165) is 11.1 Å². The second-order valence-corrected chi connectivity index (χ2v) is 9.80. The van der Waals surface area contributed by atoms with Gasteiger partial charge in [0.2, 0.25) is 5.91 Å². The van der Waals surface area contributed by atoms with E-state index >= 15 is 0 Å². The molecule has 2 amide bonds. The van der Waals surface area contributed by atoms with Crippen molar-refractivity contribution in [1.82, 2.24) is 20.0 Å². The number of nitrogens with zero attached hydrogens (tertiary/aromatic N) is 3. The zero-order valence-electron chi connectivity index (χ0n) is 19.4. The lowest BCUT2D eigenvalue weighted by atomic mass is 9.85. The van der Waals surface area contributed by atoms with Gasteiger partial charge >= 0.3 is 0 Å². The highest BCUT2D eigenvalue weighted by Gasteiger charge is 2.41. The Morgan fingerprint density at radius 1 is 1.09 bits per heavy atom. The van der Waals surface area contributed by atoms with Crippen LogP contribution in [0.5, 0.6) is 0 Å². The number of carbonyl (C=O) groups excluding carboxylic acids is 2. The van der Waals surface area contributed by atoms with E-state index in [2.05, 4.69) is 10.4 Å². The number of likely N-dealkylation sites (tertiary alicyclic amines) is 1. The van der Waals surface area contributed by atoms with Crippen molar-refractivity contribution in [3.05, 3.63) is 65.6 Å². The summed E-state index contributed by atoms with van der Waals surface area (Å²) in [5.74, 6) is -1.20. The number of para-hydroxylation sites is 1. The number of nitrogens with one attached hydrogen (secondary N) is 1. The summed E-state index contributed by atoms with van der Waals surface area (Å²) in [5, 5.41) is 27.7. The van der Waals surface area contributed by atoms with Gasteiger partial charge in [0, 0.05) is 18.5 Å². The van der Waals surface area contributed by atoms with Gasteiger partial charge in [-0.2, -0.15) is 5.10 Å². The number of rotatable bonds is 5.